The molecule has 0 saturated heterocycles. The van der Waals surface area contributed by atoms with E-state index < -0.39 is 0 Å². The van der Waals surface area contributed by atoms with E-state index in [4.69, 9.17) is 17.3 Å². The summed E-state index contributed by atoms with van der Waals surface area (Å²) in [6.07, 6.45) is 2.07. The van der Waals surface area contributed by atoms with Crippen molar-refractivity contribution < 1.29 is 4.79 Å². The van der Waals surface area contributed by atoms with Crippen LogP contribution >= 0.6 is 11.6 Å². The summed E-state index contributed by atoms with van der Waals surface area (Å²) in [4.78, 5) is 15.6. The molecule has 1 aromatic heterocycles. The summed E-state index contributed by atoms with van der Waals surface area (Å²) >= 11 is 5.87. The minimum absolute atomic E-state index is 0.0292. The van der Waals surface area contributed by atoms with E-state index in [9.17, 15) is 4.79 Å². The summed E-state index contributed by atoms with van der Waals surface area (Å²) in [7, 11) is 0. The first kappa shape index (κ1) is 17.5. The van der Waals surface area contributed by atoms with Crippen LogP contribution in [0.3, 0.4) is 0 Å². The molecule has 0 amide bonds. The molecule has 124 valence electrons. The van der Waals surface area contributed by atoms with Crippen molar-refractivity contribution in [1.29, 1.82) is 0 Å². The molecule has 0 fully saturated rings. The van der Waals surface area contributed by atoms with Gasteiger partial charge in [0.1, 0.15) is 11.5 Å². The van der Waals surface area contributed by atoms with Gasteiger partial charge in [-0.15, -0.1) is 0 Å². The molecule has 0 bridgehead atoms. The third kappa shape index (κ3) is 4.11. The number of halogens is 1. The third-order valence-corrected chi connectivity index (χ3v) is 3.38. The molecular weight excluding hydrogens is 326 g/mol. The number of nitrogens with two attached hydrogens (primary N) is 1. The fraction of sp³-hybridized carbons (Fsp3) is 0.118. The van der Waals surface area contributed by atoms with E-state index >= 15 is 0 Å². The average Bonchev–Trinajstić information content (AvgIpc) is 2.90. The van der Waals surface area contributed by atoms with Crippen LogP contribution in [0.1, 0.15) is 11.4 Å². The Hall–Kier alpha value is -2.86. The van der Waals surface area contributed by atoms with Crippen molar-refractivity contribution in [2.45, 2.75) is 13.8 Å². The fourth-order valence-electron chi connectivity index (χ4n) is 2.05. The van der Waals surface area contributed by atoms with Gasteiger partial charge in [-0.1, -0.05) is 18.2 Å². The maximum absolute atomic E-state index is 11.1. The highest BCUT2D eigenvalue weighted by molar-refractivity contribution is 6.30. The second kappa shape index (κ2) is 7.61. The molecule has 2 rings (SSSR count). The summed E-state index contributed by atoms with van der Waals surface area (Å²) < 4.78 is 1.52. The van der Waals surface area contributed by atoms with E-state index in [1.54, 1.807) is 24.3 Å². The van der Waals surface area contributed by atoms with Crippen molar-refractivity contribution in [2.75, 3.05) is 5.32 Å². The van der Waals surface area contributed by atoms with Crippen LogP contribution in [0.4, 0.5) is 5.69 Å². The quantitative estimate of drug-likeness (QED) is 0.378. The highest BCUT2D eigenvalue weighted by Crippen LogP contribution is 2.16. The highest BCUT2D eigenvalue weighted by atomic mass is 35.5. The summed E-state index contributed by atoms with van der Waals surface area (Å²) in [5.41, 5.74) is 8.16. The van der Waals surface area contributed by atoms with Crippen molar-refractivity contribution in [3.05, 3.63) is 65.1 Å². The number of aryl methyl sites for hydroxylation is 2. The number of anilines is 1. The van der Waals surface area contributed by atoms with Crippen molar-refractivity contribution in [2.24, 2.45) is 10.7 Å². The second-order valence-corrected chi connectivity index (χ2v) is 5.51. The van der Waals surface area contributed by atoms with Crippen LogP contribution in [0.2, 0.25) is 5.02 Å². The van der Waals surface area contributed by atoms with Crippen LogP contribution in [0, 0.1) is 13.8 Å². The van der Waals surface area contributed by atoms with Crippen LogP contribution < -0.4 is 11.1 Å². The number of benzene rings is 1. The lowest BCUT2D eigenvalue weighted by molar-refractivity contribution is -0.104. The number of aliphatic imine (C=N–C) groups is 1. The van der Waals surface area contributed by atoms with Crippen molar-refractivity contribution in [3.8, 4) is 0 Å². The van der Waals surface area contributed by atoms with Gasteiger partial charge in [0, 0.05) is 16.4 Å². The first-order valence-corrected chi connectivity index (χ1v) is 7.54. The van der Waals surface area contributed by atoms with Crippen molar-refractivity contribution >= 4 is 35.2 Å². The smallest absolute Gasteiger partial charge is 0.182 e. The normalized spacial score (nSPS) is 12.5. The molecule has 0 aliphatic rings. The first-order valence-electron chi connectivity index (χ1n) is 7.17. The summed E-state index contributed by atoms with van der Waals surface area (Å²) in [5.74, 6) is 0.650. The molecule has 0 saturated carbocycles. The molecule has 3 N–H and O–H groups in total. The van der Waals surface area contributed by atoms with Gasteiger partial charge in [0.25, 0.3) is 0 Å². The van der Waals surface area contributed by atoms with E-state index in [1.165, 1.54) is 10.8 Å². The average molecular weight is 344 g/mol. The number of aromatic nitrogens is 2. The summed E-state index contributed by atoms with van der Waals surface area (Å²) in [6.45, 7) is 7.44. The van der Waals surface area contributed by atoms with E-state index in [0.29, 0.717) is 17.1 Å². The number of rotatable bonds is 5. The minimum Gasteiger partial charge on any atom is -0.393 e. The molecule has 7 heteroatoms. The zero-order valence-electron chi connectivity index (χ0n) is 13.5. The predicted molar refractivity (Wildman–Crippen MR) is 97.9 cm³/mol. The Balaban J connectivity index is 2.43. The third-order valence-electron chi connectivity index (χ3n) is 3.13. The van der Waals surface area contributed by atoms with E-state index in [-0.39, 0.29) is 11.5 Å². The fourth-order valence-corrected chi connectivity index (χ4v) is 2.18. The van der Waals surface area contributed by atoms with Crippen molar-refractivity contribution in [1.82, 2.24) is 9.78 Å². The topological polar surface area (TPSA) is 85.3 Å². The van der Waals surface area contributed by atoms with Gasteiger partial charge in [0.05, 0.1) is 5.69 Å². The lowest BCUT2D eigenvalue weighted by Gasteiger charge is -2.10. The molecule has 0 spiro atoms. The summed E-state index contributed by atoms with van der Waals surface area (Å²) in [5, 5.41) is 8.04. The molecule has 0 atom stereocenters. The highest BCUT2D eigenvalue weighted by Gasteiger charge is 2.11. The number of aldehydes is 1. The minimum atomic E-state index is -0.0292. The number of carbonyl (C=O) groups is 1. The van der Waals surface area contributed by atoms with Gasteiger partial charge < -0.3 is 11.1 Å². The molecule has 1 heterocycles. The molecule has 0 aliphatic carbocycles. The second-order valence-electron chi connectivity index (χ2n) is 5.07. The predicted octanol–water partition coefficient (Wildman–Crippen LogP) is 3.13. The number of allylic oxidation sites excluding steroid dienone is 1. The van der Waals surface area contributed by atoms with E-state index in [1.807, 2.05) is 19.9 Å². The maximum atomic E-state index is 11.1. The number of hydrogen-bond donors (Lipinski definition) is 2. The molecule has 0 radical (unpaired) electrons. The lowest BCUT2D eigenvalue weighted by atomic mass is 10.3. The Morgan fingerprint density at radius 1 is 1.38 bits per heavy atom. The molecular formula is C17H18ClN5O. The Bertz CT molecular complexity index is 818. The van der Waals surface area contributed by atoms with Gasteiger partial charge in [0.2, 0.25) is 0 Å². The number of nitrogens with one attached hydrogen (secondary N) is 1. The largest absolute Gasteiger partial charge is 0.393 e. The number of hydrogen-bond acceptors (Lipinski definition) is 4. The molecule has 6 nitrogen and oxygen atoms in total. The standard InChI is InChI=1S/C17H18ClN5O/c1-4-16(20-14-7-5-13(18)6-8-14)21-17(15(19)10-24)23-12(3)9-11(2)22-23/h4-10H,1,19H2,2-3H3,(H,20,21)/b17-15+. The van der Waals surface area contributed by atoms with E-state index in [0.717, 1.165) is 17.1 Å². The van der Waals surface area contributed by atoms with Crippen LogP contribution in [-0.2, 0) is 4.79 Å². The van der Waals surface area contributed by atoms with Crippen LogP contribution in [0.15, 0.2) is 53.7 Å². The van der Waals surface area contributed by atoms with Gasteiger partial charge in [-0.25, -0.2) is 9.67 Å². The zero-order chi connectivity index (χ0) is 17.7. The monoisotopic (exact) mass is 343 g/mol. The van der Waals surface area contributed by atoms with Gasteiger partial charge >= 0.3 is 0 Å². The van der Waals surface area contributed by atoms with Crippen LogP contribution in [0.5, 0.6) is 0 Å². The Kier molecular flexibility index (Phi) is 5.55. The number of carbonyl (C=O) groups excluding carboxylic acids is 1. The van der Waals surface area contributed by atoms with Gasteiger partial charge in [-0.2, -0.15) is 5.10 Å². The molecule has 0 aliphatic heterocycles. The number of amidine groups is 1. The van der Waals surface area contributed by atoms with Crippen LogP contribution in [0.25, 0.3) is 5.82 Å². The lowest BCUT2D eigenvalue weighted by Crippen LogP contribution is -2.15. The molecule has 0 unspecified atom stereocenters. The van der Waals surface area contributed by atoms with Crippen molar-refractivity contribution in [3.63, 3.8) is 0 Å². The molecule has 24 heavy (non-hydrogen) atoms. The van der Waals surface area contributed by atoms with Crippen LogP contribution in [-0.4, -0.2) is 21.9 Å². The van der Waals surface area contributed by atoms with Gasteiger partial charge in [-0.3, -0.25) is 4.79 Å². The number of nitrogens with zero attached hydrogens (tertiary/aromatic N) is 3. The Morgan fingerprint density at radius 3 is 2.54 bits per heavy atom. The zero-order valence-corrected chi connectivity index (χ0v) is 14.2. The Morgan fingerprint density at radius 2 is 2.04 bits per heavy atom. The van der Waals surface area contributed by atoms with E-state index in [2.05, 4.69) is 22.0 Å². The first-order chi connectivity index (χ1) is 11.4. The summed E-state index contributed by atoms with van der Waals surface area (Å²) in [6, 6.07) is 8.98. The molecule has 1 aromatic carbocycles. The maximum Gasteiger partial charge on any atom is 0.182 e. The Labute approximate surface area is 145 Å². The SMILES string of the molecule is C=CC(=N/C(=C(\N)C=O)n1nc(C)cc1C)Nc1ccc(Cl)cc1. The van der Waals surface area contributed by atoms with Gasteiger partial charge in [0.15, 0.2) is 12.1 Å². The molecule has 2 aromatic rings. The van der Waals surface area contributed by atoms with Gasteiger partial charge in [-0.05, 0) is 50.3 Å².